The largest absolute Gasteiger partial charge is 0.378 e. The predicted molar refractivity (Wildman–Crippen MR) is 114 cm³/mol. The van der Waals surface area contributed by atoms with Crippen molar-refractivity contribution >= 4 is 17.5 Å². The van der Waals surface area contributed by atoms with Crippen molar-refractivity contribution in [3.8, 4) is 0 Å². The topological polar surface area (TPSA) is 45.7 Å². The molecule has 0 bridgehead atoms. The fraction of sp³-hybridized carbons (Fsp3) is 0.478. The Balaban J connectivity index is 1.37. The van der Waals surface area contributed by atoms with Crippen LogP contribution in [-0.4, -0.2) is 66.6 Å². The average Bonchev–Trinajstić information content (AvgIpc) is 2.76. The average molecular weight is 414 g/mol. The van der Waals surface area contributed by atoms with Crippen LogP contribution in [0.25, 0.3) is 0 Å². The van der Waals surface area contributed by atoms with Crippen molar-refractivity contribution in [2.75, 3.05) is 45.9 Å². The fourth-order valence-electron chi connectivity index (χ4n) is 4.18. The first-order chi connectivity index (χ1) is 14.2. The lowest BCUT2D eigenvalue weighted by Gasteiger charge is -2.34. The monoisotopic (exact) mass is 413 g/mol. The number of benzene rings is 1. The van der Waals surface area contributed by atoms with E-state index in [1.807, 2.05) is 17.0 Å². The van der Waals surface area contributed by atoms with Crippen LogP contribution in [0.15, 0.2) is 42.5 Å². The van der Waals surface area contributed by atoms with E-state index in [0.29, 0.717) is 38.8 Å². The van der Waals surface area contributed by atoms with Crippen molar-refractivity contribution in [1.29, 1.82) is 0 Å². The number of likely N-dealkylation sites (tertiary alicyclic amines) is 1. The number of carbonyl (C=O) groups is 1. The maximum absolute atomic E-state index is 12.6. The Labute approximate surface area is 177 Å². The number of halogens is 1. The zero-order valence-corrected chi connectivity index (χ0v) is 17.5. The van der Waals surface area contributed by atoms with Gasteiger partial charge >= 0.3 is 0 Å². The summed E-state index contributed by atoms with van der Waals surface area (Å²) in [6, 6.07) is 14.3. The molecule has 6 heteroatoms. The molecule has 4 rings (SSSR count). The molecule has 2 aliphatic rings. The zero-order chi connectivity index (χ0) is 20.1. The summed E-state index contributed by atoms with van der Waals surface area (Å²) in [4.78, 5) is 21.8. The number of nitrogens with zero attached hydrogens (tertiary/aromatic N) is 3. The van der Waals surface area contributed by atoms with Crippen LogP contribution >= 0.6 is 11.6 Å². The van der Waals surface area contributed by atoms with Gasteiger partial charge < -0.3 is 9.64 Å². The molecular weight excluding hydrogens is 386 g/mol. The molecule has 1 atom stereocenters. The van der Waals surface area contributed by atoms with Gasteiger partial charge in [-0.25, -0.2) is 0 Å². The highest BCUT2D eigenvalue weighted by atomic mass is 35.5. The molecule has 2 aromatic rings. The lowest BCUT2D eigenvalue weighted by molar-refractivity contribution is -0.136. The van der Waals surface area contributed by atoms with Gasteiger partial charge in [0.2, 0.25) is 5.91 Å². The molecule has 3 heterocycles. The summed E-state index contributed by atoms with van der Waals surface area (Å²) >= 11 is 5.99. The molecule has 0 aliphatic carbocycles. The molecule has 2 aliphatic heterocycles. The number of rotatable bonds is 5. The molecule has 154 valence electrons. The molecule has 0 spiro atoms. The second-order valence-corrected chi connectivity index (χ2v) is 8.36. The summed E-state index contributed by atoms with van der Waals surface area (Å²) in [5, 5.41) is 0.754. The Hall–Kier alpha value is -1.95. The molecule has 2 fully saturated rings. The number of pyridine rings is 1. The number of ether oxygens (including phenoxy) is 1. The van der Waals surface area contributed by atoms with E-state index >= 15 is 0 Å². The number of carbonyl (C=O) groups excluding carboxylic acids is 1. The van der Waals surface area contributed by atoms with Gasteiger partial charge in [0.05, 0.1) is 19.8 Å². The molecule has 0 saturated carbocycles. The Morgan fingerprint density at radius 3 is 2.69 bits per heavy atom. The van der Waals surface area contributed by atoms with Gasteiger partial charge in [-0.1, -0.05) is 29.8 Å². The highest BCUT2D eigenvalue weighted by Crippen LogP contribution is 2.26. The molecular formula is C23H28ClN3O2. The van der Waals surface area contributed by atoms with Crippen LogP contribution in [0.4, 0.5) is 0 Å². The highest BCUT2D eigenvalue weighted by Gasteiger charge is 2.26. The standard InChI is InChI=1S/C23H28ClN3O2/c24-20-8-6-18(7-9-20)15-21-4-1-5-22(25-21)19-3-2-10-26(16-19)17-23(28)27-11-13-29-14-12-27/h1,4-9,19H,2-3,10-17H2/t19-/m0/s1. The first-order valence-electron chi connectivity index (χ1n) is 10.5. The van der Waals surface area contributed by atoms with E-state index in [4.69, 9.17) is 21.3 Å². The van der Waals surface area contributed by atoms with E-state index in [2.05, 4.69) is 35.2 Å². The summed E-state index contributed by atoms with van der Waals surface area (Å²) in [6.45, 7) is 5.11. The third-order valence-electron chi connectivity index (χ3n) is 5.77. The minimum Gasteiger partial charge on any atom is -0.378 e. The van der Waals surface area contributed by atoms with Gasteiger partial charge in [0.1, 0.15) is 0 Å². The van der Waals surface area contributed by atoms with E-state index in [9.17, 15) is 4.79 Å². The minimum absolute atomic E-state index is 0.221. The highest BCUT2D eigenvalue weighted by molar-refractivity contribution is 6.30. The van der Waals surface area contributed by atoms with Crippen molar-refractivity contribution < 1.29 is 9.53 Å². The molecule has 1 amide bonds. The second kappa shape index (κ2) is 9.70. The third-order valence-corrected chi connectivity index (χ3v) is 6.03. The zero-order valence-electron chi connectivity index (χ0n) is 16.7. The van der Waals surface area contributed by atoms with Crippen LogP contribution in [0.2, 0.25) is 5.02 Å². The Morgan fingerprint density at radius 1 is 1.10 bits per heavy atom. The lowest BCUT2D eigenvalue weighted by atomic mass is 9.94. The molecule has 1 aromatic carbocycles. The quantitative estimate of drug-likeness (QED) is 0.754. The van der Waals surface area contributed by atoms with Crippen LogP contribution < -0.4 is 0 Å². The van der Waals surface area contributed by atoms with Crippen LogP contribution in [0, 0.1) is 0 Å². The Bertz CT molecular complexity index is 821. The van der Waals surface area contributed by atoms with Crippen LogP contribution in [0.1, 0.15) is 35.7 Å². The molecule has 1 aromatic heterocycles. The Kier molecular flexibility index (Phi) is 6.80. The SMILES string of the molecule is O=C(CN1CCC[C@H](c2cccc(Cc3ccc(Cl)cc3)n2)C1)N1CCOCC1. The van der Waals surface area contributed by atoms with Crippen LogP contribution in [-0.2, 0) is 16.0 Å². The van der Waals surface area contributed by atoms with Gasteiger partial charge in [-0.15, -0.1) is 0 Å². The maximum Gasteiger partial charge on any atom is 0.236 e. The van der Waals surface area contributed by atoms with Crippen LogP contribution in [0.3, 0.4) is 0 Å². The van der Waals surface area contributed by atoms with E-state index in [1.54, 1.807) is 0 Å². The molecule has 0 N–H and O–H groups in total. The predicted octanol–water partition coefficient (Wildman–Crippen LogP) is 3.36. The summed E-state index contributed by atoms with van der Waals surface area (Å²) in [7, 11) is 0. The number of hydrogen-bond acceptors (Lipinski definition) is 4. The number of morpholine rings is 1. The van der Waals surface area contributed by atoms with Gasteiger partial charge in [-0.3, -0.25) is 14.7 Å². The number of aromatic nitrogens is 1. The van der Waals surface area contributed by atoms with Crippen LogP contribution in [0.5, 0.6) is 0 Å². The fourth-order valence-corrected chi connectivity index (χ4v) is 4.31. The Morgan fingerprint density at radius 2 is 1.90 bits per heavy atom. The van der Waals surface area contributed by atoms with Crippen molar-refractivity contribution in [3.05, 3.63) is 64.4 Å². The normalized spacial score (nSPS) is 20.6. The molecule has 29 heavy (non-hydrogen) atoms. The van der Waals surface area contributed by atoms with E-state index in [0.717, 1.165) is 48.8 Å². The van der Waals surface area contributed by atoms with Crippen molar-refractivity contribution in [2.24, 2.45) is 0 Å². The number of amides is 1. The summed E-state index contributed by atoms with van der Waals surface area (Å²) in [5.74, 6) is 0.602. The second-order valence-electron chi connectivity index (χ2n) is 7.92. The third kappa shape index (κ3) is 5.56. The van der Waals surface area contributed by atoms with Gasteiger partial charge in [-0.05, 0) is 49.2 Å². The maximum atomic E-state index is 12.6. The van der Waals surface area contributed by atoms with E-state index in [-0.39, 0.29) is 5.91 Å². The van der Waals surface area contributed by atoms with Gasteiger partial charge in [0, 0.05) is 48.4 Å². The summed E-state index contributed by atoms with van der Waals surface area (Å²) in [6.07, 6.45) is 3.03. The summed E-state index contributed by atoms with van der Waals surface area (Å²) in [5.41, 5.74) is 3.42. The lowest BCUT2D eigenvalue weighted by Crippen LogP contribution is -2.47. The van der Waals surface area contributed by atoms with Crippen molar-refractivity contribution in [2.45, 2.75) is 25.2 Å². The molecule has 5 nitrogen and oxygen atoms in total. The first kappa shape index (κ1) is 20.3. The van der Waals surface area contributed by atoms with Gasteiger partial charge in [-0.2, -0.15) is 0 Å². The smallest absolute Gasteiger partial charge is 0.236 e. The number of piperidine rings is 1. The van der Waals surface area contributed by atoms with Crippen molar-refractivity contribution in [1.82, 2.24) is 14.8 Å². The number of hydrogen-bond donors (Lipinski definition) is 0. The van der Waals surface area contributed by atoms with Gasteiger partial charge in [0.25, 0.3) is 0 Å². The van der Waals surface area contributed by atoms with E-state index in [1.165, 1.54) is 5.56 Å². The molecule has 0 unspecified atom stereocenters. The van der Waals surface area contributed by atoms with Gasteiger partial charge in [0.15, 0.2) is 0 Å². The summed E-state index contributed by atoms with van der Waals surface area (Å²) < 4.78 is 5.35. The first-order valence-corrected chi connectivity index (χ1v) is 10.8. The molecule has 0 radical (unpaired) electrons. The molecule has 2 saturated heterocycles. The van der Waals surface area contributed by atoms with Crippen molar-refractivity contribution in [3.63, 3.8) is 0 Å². The minimum atomic E-state index is 0.221. The van der Waals surface area contributed by atoms with E-state index < -0.39 is 0 Å².